The van der Waals surface area contributed by atoms with Crippen LogP contribution in [-0.4, -0.2) is 54.0 Å². The van der Waals surface area contributed by atoms with Crippen LogP contribution in [0, 0.1) is 0 Å². The molecule has 0 bridgehead atoms. The summed E-state index contributed by atoms with van der Waals surface area (Å²) < 4.78 is 13.1. The average Bonchev–Trinajstić information content (AvgIpc) is 3.05. The number of hydrogen-bond acceptors (Lipinski definition) is 6. The van der Waals surface area contributed by atoms with Crippen molar-refractivity contribution in [2.75, 3.05) is 38.3 Å². The minimum atomic E-state index is -0.436. The van der Waals surface area contributed by atoms with E-state index in [1.54, 1.807) is 6.07 Å². The van der Waals surface area contributed by atoms with Crippen LogP contribution in [-0.2, 0) is 15.9 Å². The number of nitrogens with zero attached hydrogens (tertiary/aromatic N) is 4. The van der Waals surface area contributed by atoms with E-state index in [2.05, 4.69) is 25.8 Å². The Morgan fingerprint density at radius 1 is 1.26 bits per heavy atom. The fraction of sp³-hybridized carbons (Fsp3) is 0.316. The third-order valence-corrected chi connectivity index (χ3v) is 5.01. The summed E-state index contributed by atoms with van der Waals surface area (Å²) in [6.45, 7) is 2.97. The molecule has 3 aromatic heterocycles. The van der Waals surface area contributed by atoms with Gasteiger partial charge in [-0.05, 0) is 40.2 Å². The number of ether oxygens (including phenoxy) is 2. The Balaban J connectivity index is 1.76. The molecule has 4 rings (SSSR count). The lowest BCUT2D eigenvalue weighted by Crippen LogP contribution is -2.37. The number of morpholine rings is 1. The van der Waals surface area contributed by atoms with Gasteiger partial charge in [-0.1, -0.05) is 6.07 Å². The number of halogens is 1. The van der Waals surface area contributed by atoms with Crippen LogP contribution >= 0.6 is 15.9 Å². The predicted octanol–water partition coefficient (Wildman–Crippen LogP) is 2.71. The van der Waals surface area contributed by atoms with Crippen LogP contribution in [0.15, 0.2) is 41.0 Å². The second-order valence-electron chi connectivity index (χ2n) is 6.26. The van der Waals surface area contributed by atoms with Gasteiger partial charge >= 0.3 is 5.97 Å². The van der Waals surface area contributed by atoms with Crippen LogP contribution in [0.5, 0.6) is 0 Å². The standard InChI is InChI=1S/C19H19BrN4O3/c1-26-19(25)16-4-2-3-14(21-16)11-15-17-6-5-13(20)12-24(17)22-18(15)23-7-9-27-10-8-23/h2-6,12H,7-11H2,1H3. The maximum absolute atomic E-state index is 11.8. The molecule has 8 heteroatoms. The van der Waals surface area contributed by atoms with Gasteiger partial charge in [-0.15, -0.1) is 5.10 Å². The Hall–Kier alpha value is -2.45. The smallest absolute Gasteiger partial charge is 0.356 e. The van der Waals surface area contributed by atoms with Gasteiger partial charge < -0.3 is 14.4 Å². The van der Waals surface area contributed by atoms with Crippen LogP contribution in [0.25, 0.3) is 5.52 Å². The Labute approximate surface area is 165 Å². The van der Waals surface area contributed by atoms with E-state index in [0.29, 0.717) is 25.3 Å². The summed E-state index contributed by atoms with van der Waals surface area (Å²) in [5.41, 5.74) is 3.20. The van der Waals surface area contributed by atoms with Gasteiger partial charge in [-0.3, -0.25) is 0 Å². The number of methoxy groups -OCH3 is 1. The first kappa shape index (κ1) is 17.9. The van der Waals surface area contributed by atoms with Crippen LogP contribution in [0.3, 0.4) is 0 Å². The van der Waals surface area contributed by atoms with Crippen molar-refractivity contribution in [1.82, 2.24) is 14.6 Å². The maximum atomic E-state index is 11.8. The molecule has 1 aliphatic heterocycles. The van der Waals surface area contributed by atoms with Gasteiger partial charge in [0, 0.05) is 41.4 Å². The molecule has 140 valence electrons. The molecule has 0 radical (unpaired) electrons. The van der Waals surface area contributed by atoms with Crippen LogP contribution in [0.4, 0.5) is 5.82 Å². The molecule has 1 fully saturated rings. The van der Waals surface area contributed by atoms with E-state index < -0.39 is 5.97 Å². The fourth-order valence-electron chi connectivity index (χ4n) is 3.24. The van der Waals surface area contributed by atoms with E-state index >= 15 is 0 Å². The lowest BCUT2D eigenvalue weighted by molar-refractivity contribution is 0.0593. The second-order valence-corrected chi connectivity index (χ2v) is 7.18. The zero-order valence-corrected chi connectivity index (χ0v) is 16.5. The molecular weight excluding hydrogens is 412 g/mol. The number of aromatic nitrogens is 3. The predicted molar refractivity (Wildman–Crippen MR) is 104 cm³/mol. The Morgan fingerprint density at radius 2 is 2.07 bits per heavy atom. The van der Waals surface area contributed by atoms with Crippen molar-refractivity contribution in [3.8, 4) is 0 Å². The average molecular weight is 431 g/mol. The molecule has 0 atom stereocenters. The highest BCUT2D eigenvalue weighted by Gasteiger charge is 2.21. The minimum absolute atomic E-state index is 0.308. The van der Waals surface area contributed by atoms with Crippen molar-refractivity contribution in [2.45, 2.75) is 6.42 Å². The van der Waals surface area contributed by atoms with Gasteiger partial charge in [0.1, 0.15) is 5.69 Å². The van der Waals surface area contributed by atoms with Gasteiger partial charge in [-0.2, -0.15) is 0 Å². The van der Waals surface area contributed by atoms with E-state index in [4.69, 9.17) is 14.6 Å². The number of carbonyl (C=O) groups is 1. The highest BCUT2D eigenvalue weighted by atomic mass is 79.9. The summed E-state index contributed by atoms with van der Waals surface area (Å²) in [5.74, 6) is 0.496. The molecule has 0 unspecified atom stereocenters. The number of hydrogen-bond donors (Lipinski definition) is 0. The molecule has 1 saturated heterocycles. The molecule has 0 N–H and O–H groups in total. The molecule has 0 aliphatic carbocycles. The zero-order chi connectivity index (χ0) is 18.8. The molecular formula is C19H19BrN4O3. The Kier molecular flexibility index (Phi) is 5.09. The minimum Gasteiger partial charge on any atom is -0.464 e. The molecule has 0 amide bonds. The lowest BCUT2D eigenvalue weighted by atomic mass is 10.1. The number of rotatable bonds is 4. The fourth-order valence-corrected chi connectivity index (χ4v) is 3.57. The lowest BCUT2D eigenvalue weighted by Gasteiger charge is -2.27. The SMILES string of the molecule is COC(=O)c1cccc(Cc2c(N3CCOCC3)nn3cc(Br)ccc23)n1. The Bertz CT molecular complexity index is 982. The summed E-state index contributed by atoms with van der Waals surface area (Å²) in [6.07, 6.45) is 2.52. The summed E-state index contributed by atoms with van der Waals surface area (Å²) in [4.78, 5) is 18.5. The summed E-state index contributed by atoms with van der Waals surface area (Å²) >= 11 is 3.50. The van der Waals surface area contributed by atoms with E-state index in [1.807, 2.05) is 35.0 Å². The van der Waals surface area contributed by atoms with E-state index in [0.717, 1.165) is 40.2 Å². The molecule has 7 nitrogen and oxygen atoms in total. The summed E-state index contributed by atoms with van der Waals surface area (Å²) in [6, 6.07) is 9.44. The van der Waals surface area contributed by atoms with Crippen LogP contribution < -0.4 is 4.90 Å². The van der Waals surface area contributed by atoms with Crippen LogP contribution in [0.1, 0.15) is 21.7 Å². The molecule has 0 aromatic carbocycles. The van der Waals surface area contributed by atoms with E-state index in [1.165, 1.54) is 7.11 Å². The summed E-state index contributed by atoms with van der Waals surface area (Å²) in [5, 5.41) is 4.80. The van der Waals surface area contributed by atoms with Gasteiger partial charge in [0.2, 0.25) is 0 Å². The summed E-state index contributed by atoms with van der Waals surface area (Å²) in [7, 11) is 1.36. The van der Waals surface area contributed by atoms with Gasteiger partial charge in [-0.25, -0.2) is 14.3 Å². The van der Waals surface area contributed by atoms with Crippen molar-refractivity contribution in [2.24, 2.45) is 0 Å². The molecule has 4 heterocycles. The third kappa shape index (κ3) is 3.68. The number of esters is 1. The quantitative estimate of drug-likeness (QED) is 0.592. The van der Waals surface area contributed by atoms with Crippen molar-refractivity contribution >= 4 is 33.2 Å². The monoisotopic (exact) mass is 430 g/mol. The number of pyridine rings is 2. The number of anilines is 1. The van der Waals surface area contributed by atoms with Crippen LogP contribution in [0.2, 0.25) is 0 Å². The van der Waals surface area contributed by atoms with Crippen molar-refractivity contribution in [3.05, 3.63) is 58.0 Å². The Morgan fingerprint density at radius 3 is 2.85 bits per heavy atom. The van der Waals surface area contributed by atoms with Gasteiger partial charge in [0.25, 0.3) is 0 Å². The van der Waals surface area contributed by atoms with Gasteiger partial charge in [0.05, 0.1) is 25.8 Å². The van der Waals surface area contributed by atoms with E-state index in [9.17, 15) is 4.79 Å². The number of carbonyl (C=O) groups excluding carboxylic acids is 1. The topological polar surface area (TPSA) is 69.0 Å². The molecule has 27 heavy (non-hydrogen) atoms. The van der Waals surface area contributed by atoms with E-state index in [-0.39, 0.29) is 0 Å². The molecule has 1 aliphatic rings. The first-order valence-corrected chi connectivity index (χ1v) is 9.48. The maximum Gasteiger partial charge on any atom is 0.356 e. The highest BCUT2D eigenvalue weighted by molar-refractivity contribution is 9.10. The largest absolute Gasteiger partial charge is 0.464 e. The zero-order valence-electron chi connectivity index (χ0n) is 14.9. The number of fused-ring (bicyclic) bond motifs is 1. The first-order chi connectivity index (χ1) is 13.2. The van der Waals surface area contributed by atoms with Crippen molar-refractivity contribution in [3.63, 3.8) is 0 Å². The molecule has 3 aromatic rings. The van der Waals surface area contributed by atoms with Crippen molar-refractivity contribution < 1.29 is 14.3 Å². The first-order valence-electron chi connectivity index (χ1n) is 8.69. The highest BCUT2D eigenvalue weighted by Crippen LogP contribution is 2.28. The normalized spacial score (nSPS) is 14.5. The molecule has 0 saturated carbocycles. The third-order valence-electron chi connectivity index (χ3n) is 4.54. The van der Waals surface area contributed by atoms with Crippen molar-refractivity contribution in [1.29, 1.82) is 0 Å². The molecule has 0 spiro atoms. The van der Waals surface area contributed by atoms with Gasteiger partial charge in [0.15, 0.2) is 5.82 Å². The second kappa shape index (κ2) is 7.66.